The number of carboxylic acid groups (broad SMARTS) is 1. The quantitative estimate of drug-likeness (QED) is 0.640. The number of rotatable bonds is 3. The number of aromatic carboxylic acids is 1. The second kappa shape index (κ2) is 4.78. The van der Waals surface area contributed by atoms with E-state index in [1.54, 1.807) is 12.1 Å². The zero-order valence-corrected chi connectivity index (χ0v) is 10.7. The highest BCUT2D eigenvalue weighted by Gasteiger charge is 2.10. The first kappa shape index (κ1) is 12.4. The van der Waals surface area contributed by atoms with Crippen molar-refractivity contribution in [2.75, 3.05) is 5.32 Å². The summed E-state index contributed by atoms with van der Waals surface area (Å²) in [5.41, 5.74) is 1.77. The number of aromatic nitrogens is 4. The molecule has 1 aromatic carbocycles. The van der Waals surface area contributed by atoms with E-state index in [1.165, 1.54) is 18.5 Å². The van der Waals surface area contributed by atoms with Crippen LogP contribution in [0.4, 0.5) is 11.5 Å². The molecule has 0 unspecified atom stereocenters. The van der Waals surface area contributed by atoms with E-state index in [0.717, 1.165) is 0 Å². The number of fused-ring (bicyclic) bond motifs is 1. The summed E-state index contributed by atoms with van der Waals surface area (Å²) in [4.78, 5) is 25.9. The summed E-state index contributed by atoms with van der Waals surface area (Å²) in [6.45, 7) is 0. The molecule has 100 valence electrons. The summed E-state index contributed by atoms with van der Waals surface area (Å²) in [6.07, 6.45) is 1.48. The second-order valence-corrected chi connectivity index (χ2v) is 4.29. The smallest absolute Gasteiger partial charge is 0.335 e. The van der Waals surface area contributed by atoms with Crippen LogP contribution in [0.25, 0.3) is 11.2 Å². The molecule has 0 amide bonds. The Labute approximate surface area is 117 Å². The van der Waals surface area contributed by atoms with E-state index in [1.807, 2.05) is 0 Å². The van der Waals surface area contributed by atoms with Crippen LogP contribution < -0.4 is 5.32 Å². The summed E-state index contributed by atoms with van der Waals surface area (Å²) in [7, 11) is 0. The number of carbonyl (C=O) groups is 1. The van der Waals surface area contributed by atoms with Crippen LogP contribution in [0.5, 0.6) is 0 Å². The van der Waals surface area contributed by atoms with Gasteiger partial charge in [0, 0.05) is 5.69 Å². The zero-order valence-electron chi connectivity index (χ0n) is 9.96. The van der Waals surface area contributed by atoms with Crippen LogP contribution in [0.1, 0.15) is 10.4 Å². The van der Waals surface area contributed by atoms with Crippen molar-refractivity contribution in [3.05, 3.63) is 41.4 Å². The summed E-state index contributed by atoms with van der Waals surface area (Å²) in [5, 5.41) is 12.0. The molecule has 0 atom stereocenters. The Hall–Kier alpha value is -2.67. The lowest BCUT2D eigenvalue weighted by Gasteiger charge is -2.07. The molecule has 3 rings (SSSR count). The molecule has 3 aromatic rings. The molecule has 0 spiro atoms. The molecule has 0 aliphatic heterocycles. The van der Waals surface area contributed by atoms with Crippen LogP contribution in [0.15, 0.2) is 30.6 Å². The Morgan fingerprint density at radius 3 is 3.00 bits per heavy atom. The minimum atomic E-state index is -1.00. The first-order valence-electron chi connectivity index (χ1n) is 5.60. The van der Waals surface area contributed by atoms with Gasteiger partial charge in [-0.3, -0.25) is 0 Å². The number of aromatic amines is 1. The number of hydrogen-bond donors (Lipinski definition) is 3. The van der Waals surface area contributed by atoms with Gasteiger partial charge in [-0.15, -0.1) is 0 Å². The van der Waals surface area contributed by atoms with Crippen LogP contribution in [-0.2, 0) is 0 Å². The predicted molar refractivity (Wildman–Crippen MR) is 73.4 cm³/mol. The van der Waals surface area contributed by atoms with E-state index in [2.05, 4.69) is 25.3 Å². The lowest BCUT2D eigenvalue weighted by Crippen LogP contribution is -2.00. The average Bonchev–Trinajstić information content (AvgIpc) is 2.87. The predicted octanol–water partition coefficient (Wildman–Crippen LogP) is 2.45. The molecule has 3 N–H and O–H groups in total. The van der Waals surface area contributed by atoms with E-state index in [-0.39, 0.29) is 10.8 Å². The first-order valence-corrected chi connectivity index (χ1v) is 5.98. The summed E-state index contributed by atoms with van der Waals surface area (Å²) in [5.74, 6) is -0.594. The van der Waals surface area contributed by atoms with Gasteiger partial charge in [-0.1, -0.05) is 6.07 Å². The van der Waals surface area contributed by atoms with E-state index in [9.17, 15) is 4.79 Å². The van der Waals surface area contributed by atoms with Gasteiger partial charge < -0.3 is 15.4 Å². The molecule has 20 heavy (non-hydrogen) atoms. The zero-order chi connectivity index (χ0) is 14.1. The number of hydrogen-bond acceptors (Lipinski definition) is 5. The van der Waals surface area contributed by atoms with Crippen molar-refractivity contribution in [3.63, 3.8) is 0 Å². The number of halogens is 1. The standard InChI is InChI=1S/C12H8ClN5O2/c13-12-17-9-8(14-5-15-9)10(18-12)16-7-3-1-2-6(4-7)11(19)20/h1-5H,(H,19,20)(H2,14,15,16,17,18). The topological polar surface area (TPSA) is 104 Å². The molecular weight excluding hydrogens is 282 g/mol. The number of carboxylic acids is 1. The van der Waals surface area contributed by atoms with Crippen LogP contribution in [0.2, 0.25) is 5.28 Å². The van der Waals surface area contributed by atoms with E-state index < -0.39 is 5.97 Å². The second-order valence-electron chi connectivity index (χ2n) is 3.95. The van der Waals surface area contributed by atoms with Gasteiger partial charge in [0.2, 0.25) is 5.28 Å². The fourth-order valence-electron chi connectivity index (χ4n) is 1.76. The minimum Gasteiger partial charge on any atom is -0.478 e. The van der Waals surface area contributed by atoms with Crippen molar-refractivity contribution < 1.29 is 9.90 Å². The lowest BCUT2D eigenvalue weighted by atomic mass is 10.2. The normalized spacial score (nSPS) is 10.7. The van der Waals surface area contributed by atoms with Crippen molar-refractivity contribution in [2.24, 2.45) is 0 Å². The molecule has 0 saturated heterocycles. The van der Waals surface area contributed by atoms with Crippen LogP contribution in [0, 0.1) is 0 Å². The minimum absolute atomic E-state index is 0.0682. The van der Waals surface area contributed by atoms with Gasteiger partial charge in [-0.25, -0.2) is 9.78 Å². The maximum Gasteiger partial charge on any atom is 0.335 e. The molecule has 0 aliphatic carbocycles. The van der Waals surface area contributed by atoms with Gasteiger partial charge in [0.25, 0.3) is 0 Å². The van der Waals surface area contributed by atoms with Crippen molar-refractivity contribution in [3.8, 4) is 0 Å². The van der Waals surface area contributed by atoms with Gasteiger partial charge in [0.05, 0.1) is 11.9 Å². The molecule has 2 heterocycles. The highest BCUT2D eigenvalue weighted by molar-refractivity contribution is 6.28. The number of nitrogens with one attached hydrogen (secondary N) is 2. The molecular formula is C12H8ClN5O2. The summed E-state index contributed by atoms with van der Waals surface area (Å²) < 4.78 is 0. The number of anilines is 2. The highest BCUT2D eigenvalue weighted by Crippen LogP contribution is 2.23. The van der Waals surface area contributed by atoms with Gasteiger partial charge in [-0.2, -0.15) is 9.97 Å². The van der Waals surface area contributed by atoms with Crippen LogP contribution in [-0.4, -0.2) is 31.0 Å². The Morgan fingerprint density at radius 1 is 1.35 bits per heavy atom. The fraction of sp³-hybridized carbons (Fsp3) is 0. The molecule has 0 saturated carbocycles. The van der Waals surface area contributed by atoms with E-state index in [0.29, 0.717) is 22.7 Å². The van der Waals surface area contributed by atoms with Gasteiger partial charge in [0.15, 0.2) is 17.0 Å². The molecule has 2 aromatic heterocycles. The first-order chi connectivity index (χ1) is 9.63. The van der Waals surface area contributed by atoms with Gasteiger partial charge in [-0.05, 0) is 29.8 Å². The lowest BCUT2D eigenvalue weighted by molar-refractivity contribution is 0.0697. The maximum absolute atomic E-state index is 10.9. The average molecular weight is 290 g/mol. The van der Waals surface area contributed by atoms with Crippen molar-refractivity contribution in [2.45, 2.75) is 0 Å². The summed E-state index contributed by atoms with van der Waals surface area (Å²) >= 11 is 5.82. The largest absolute Gasteiger partial charge is 0.478 e. The van der Waals surface area contributed by atoms with Gasteiger partial charge >= 0.3 is 5.97 Å². The van der Waals surface area contributed by atoms with Crippen molar-refractivity contribution in [1.82, 2.24) is 19.9 Å². The van der Waals surface area contributed by atoms with Crippen molar-refractivity contribution in [1.29, 1.82) is 0 Å². The third-order valence-corrected chi connectivity index (χ3v) is 2.79. The monoisotopic (exact) mass is 289 g/mol. The molecule has 8 heteroatoms. The van der Waals surface area contributed by atoms with Crippen LogP contribution >= 0.6 is 11.6 Å². The molecule has 0 bridgehead atoms. The third-order valence-electron chi connectivity index (χ3n) is 2.62. The molecule has 0 radical (unpaired) electrons. The molecule has 7 nitrogen and oxygen atoms in total. The number of nitrogens with zero attached hydrogens (tertiary/aromatic N) is 3. The van der Waals surface area contributed by atoms with E-state index in [4.69, 9.17) is 16.7 Å². The maximum atomic E-state index is 10.9. The molecule has 0 fully saturated rings. The third kappa shape index (κ3) is 2.26. The fourth-order valence-corrected chi connectivity index (χ4v) is 1.93. The van der Waals surface area contributed by atoms with Crippen LogP contribution in [0.3, 0.4) is 0 Å². The highest BCUT2D eigenvalue weighted by atomic mass is 35.5. The van der Waals surface area contributed by atoms with E-state index >= 15 is 0 Å². The Bertz CT molecular complexity index is 801. The summed E-state index contributed by atoms with van der Waals surface area (Å²) in [6, 6.07) is 6.36. The molecule has 0 aliphatic rings. The van der Waals surface area contributed by atoms with Crippen molar-refractivity contribution >= 4 is 40.2 Å². The number of imidazole rings is 1. The Balaban J connectivity index is 2.02. The Morgan fingerprint density at radius 2 is 2.20 bits per heavy atom. The van der Waals surface area contributed by atoms with Gasteiger partial charge in [0.1, 0.15) is 0 Å². The Kier molecular flexibility index (Phi) is 2.96. The number of H-pyrrole nitrogens is 1. The SMILES string of the molecule is O=C(O)c1cccc(Nc2nc(Cl)nc3[nH]cnc23)c1. The number of benzene rings is 1.